The predicted octanol–water partition coefficient (Wildman–Crippen LogP) is 2.91. The SMILES string of the molecule is NC1(c2nc(COc3cccc(F)c3)no2)CCCCC1. The van der Waals surface area contributed by atoms with E-state index < -0.39 is 5.54 Å². The van der Waals surface area contributed by atoms with Gasteiger partial charge in [-0.25, -0.2) is 4.39 Å². The first kappa shape index (κ1) is 14.0. The van der Waals surface area contributed by atoms with Crippen LogP contribution < -0.4 is 10.5 Å². The van der Waals surface area contributed by atoms with Crippen molar-refractivity contribution in [1.82, 2.24) is 10.1 Å². The van der Waals surface area contributed by atoms with Gasteiger partial charge >= 0.3 is 0 Å². The molecule has 0 unspecified atom stereocenters. The molecule has 1 aliphatic rings. The number of aromatic nitrogens is 2. The Labute approximate surface area is 122 Å². The van der Waals surface area contributed by atoms with Gasteiger partial charge in [0.15, 0.2) is 6.61 Å². The van der Waals surface area contributed by atoms with E-state index in [2.05, 4.69) is 10.1 Å². The fourth-order valence-electron chi connectivity index (χ4n) is 2.62. The molecule has 1 aromatic heterocycles. The zero-order valence-electron chi connectivity index (χ0n) is 11.7. The maximum absolute atomic E-state index is 13.0. The molecule has 6 heteroatoms. The van der Waals surface area contributed by atoms with Crippen LogP contribution in [0.3, 0.4) is 0 Å². The Morgan fingerprint density at radius 2 is 2.10 bits per heavy atom. The van der Waals surface area contributed by atoms with Gasteiger partial charge in [-0.05, 0) is 25.0 Å². The molecule has 1 aliphatic carbocycles. The third kappa shape index (κ3) is 3.21. The van der Waals surface area contributed by atoms with E-state index in [0.717, 1.165) is 25.7 Å². The largest absolute Gasteiger partial charge is 0.485 e. The fraction of sp³-hybridized carbons (Fsp3) is 0.467. The zero-order valence-corrected chi connectivity index (χ0v) is 11.7. The molecule has 0 aliphatic heterocycles. The number of benzene rings is 1. The molecule has 0 bridgehead atoms. The molecule has 2 N–H and O–H groups in total. The topological polar surface area (TPSA) is 74.2 Å². The van der Waals surface area contributed by atoms with Crippen molar-refractivity contribution in [2.75, 3.05) is 0 Å². The van der Waals surface area contributed by atoms with Gasteiger partial charge in [0.05, 0.1) is 5.54 Å². The minimum absolute atomic E-state index is 0.128. The molecule has 2 aromatic rings. The summed E-state index contributed by atoms with van der Waals surface area (Å²) in [7, 11) is 0. The van der Waals surface area contributed by atoms with E-state index in [1.165, 1.54) is 18.6 Å². The molecule has 0 radical (unpaired) electrons. The van der Waals surface area contributed by atoms with E-state index in [0.29, 0.717) is 17.5 Å². The predicted molar refractivity (Wildman–Crippen MR) is 74.0 cm³/mol. The molecule has 0 spiro atoms. The van der Waals surface area contributed by atoms with E-state index in [4.69, 9.17) is 15.0 Å². The van der Waals surface area contributed by atoms with Crippen LogP contribution in [0.4, 0.5) is 4.39 Å². The third-order valence-corrected chi connectivity index (χ3v) is 3.80. The molecule has 1 heterocycles. The van der Waals surface area contributed by atoms with Crippen LogP contribution in [0.15, 0.2) is 28.8 Å². The summed E-state index contributed by atoms with van der Waals surface area (Å²) in [6.07, 6.45) is 5.07. The lowest BCUT2D eigenvalue weighted by molar-refractivity contribution is 0.218. The van der Waals surface area contributed by atoms with Gasteiger partial charge in [-0.2, -0.15) is 4.98 Å². The van der Waals surface area contributed by atoms with Crippen molar-refractivity contribution >= 4 is 0 Å². The molecule has 1 saturated carbocycles. The van der Waals surface area contributed by atoms with Crippen molar-refractivity contribution < 1.29 is 13.7 Å². The summed E-state index contributed by atoms with van der Waals surface area (Å²) in [5.74, 6) is 0.982. The number of rotatable bonds is 4. The summed E-state index contributed by atoms with van der Waals surface area (Å²) < 4.78 is 23.8. The Bertz CT molecular complexity index is 608. The van der Waals surface area contributed by atoms with Crippen molar-refractivity contribution in [3.63, 3.8) is 0 Å². The normalized spacial score (nSPS) is 17.6. The standard InChI is InChI=1S/C15H18FN3O2/c16-11-5-4-6-12(9-11)20-10-13-18-14(21-19-13)15(17)7-2-1-3-8-15/h4-6,9H,1-3,7-8,10,17H2. The second kappa shape index (κ2) is 5.81. The van der Waals surface area contributed by atoms with E-state index in [1.807, 2.05) is 0 Å². The van der Waals surface area contributed by atoms with Crippen LogP contribution in [-0.2, 0) is 12.1 Å². The maximum atomic E-state index is 13.0. The molecule has 112 valence electrons. The van der Waals surface area contributed by atoms with Crippen LogP contribution in [0, 0.1) is 5.82 Å². The molecular formula is C15H18FN3O2. The highest BCUT2D eigenvalue weighted by molar-refractivity contribution is 5.22. The van der Waals surface area contributed by atoms with Crippen LogP contribution >= 0.6 is 0 Å². The molecular weight excluding hydrogens is 273 g/mol. The van der Waals surface area contributed by atoms with Crippen molar-refractivity contribution in [2.24, 2.45) is 5.73 Å². The lowest BCUT2D eigenvalue weighted by atomic mass is 9.82. The molecule has 1 fully saturated rings. The second-order valence-corrected chi connectivity index (χ2v) is 5.48. The van der Waals surface area contributed by atoms with Crippen molar-refractivity contribution in [2.45, 2.75) is 44.2 Å². The minimum atomic E-state index is -0.512. The molecule has 21 heavy (non-hydrogen) atoms. The summed E-state index contributed by atoms with van der Waals surface area (Å²) in [5, 5.41) is 3.89. The van der Waals surface area contributed by atoms with Crippen LogP contribution in [0.1, 0.15) is 43.8 Å². The number of ether oxygens (including phenoxy) is 1. The number of nitrogens with two attached hydrogens (primary N) is 1. The number of hydrogen-bond donors (Lipinski definition) is 1. The van der Waals surface area contributed by atoms with Crippen LogP contribution in [0.25, 0.3) is 0 Å². The van der Waals surface area contributed by atoms with E-state index in [-0.39, 0.29) is 12.4 Å². The Hall–Kier alpha value is -1.95. The van der Waals surface area contributed by atoms with E-state index in [1.54, 1.807) is 12.1 Å². The highest BCUT2D eigenvalue weighted by atomic mass is 19.1. The third-order valence-electron chi connectivity index (χ3n) is 3.80. The lowest BCUT2D eigenvalue weighted by Gasteiger charge is -2.29. The van der Waals surface area contributed by atoms with Gasteiger partial charge in [0.2, 0.25) is 11.7 Å². The summed E-state index contributed by atoms with van der Waals surface area (Å²) in [5.41, 5.74) is 5.82. The molecule has 0 saturated heterocycles. The smallest absolute Gasteiger partial charge is 0.246 e. The number of hydrogen-bond acceptors (Lipinski definition) is 5. The summed E-state index contributed by atoms with van der Waals surface area (Å²) in [6.45, 7) is 0.128. The summed E-state index contributed by atoms with van der Waals surface area (Å²) in [6, 6.07) is 5.94. The average Bonchev–Trinajstić information content (AvgIpc) is 2.96. The second-order valence-electron chi connectivity index (χ2n) is 5.48. The maximum Gasteiger partial charge on any atom is 0.246 e. The lowest BCUT2D eigenvalue weighted by Crippen LogP contribution is -2.39. The Balaban J connectivity index is 1.65. The average molecular weight is 291 g/mol. The van der Waals surface area contributed by atoms with Crippen LogP contribution in [0.2, 0.25) is 0 Å². The molecule has 0 atom stereocenters. The van der Waals surface area contributed by atoms with Gasteiger partial charge in [0.25, 0.3) is 0 Å². The summed E-state index contributed by atoms with van der Waals surface area (Å²) in [4.78, 5) is 4.32. The van der Waals surface area contributed by atoms with Crippen molar-refractivity contribution in [3.05, 3.63) is 41.8 Å². The van der Waals surface area contributed by atoms with E-state index in [9.17, 15) is 4.39 Å². The zero-order chi connectivity index (χ0) is 14.7. The molecule has 1 aromatic carbocycles. The van der Waals surface area contributed by atoms with Gasteiger partial charge < -0.3 is 15.0 Å². The Morgan fingerprint density at radius 1 is 1.29 bits per heavy atom. The van der Waals surface area contributed by atoms with Crippen LogP contribution in [0.5, 0.6) is 5.75 Å². The van der Waals surface area contributed by atoms with E-state index >= 15 is 0 Å². The highest BCUT2D eigenvalue weighted by Gasteiger charge is 2.35. The van der Waals surface area contributed by atoms with Crippen molar-refractivity contribution in [1.29, 1.82) is 0 Å². The fourth-order valence-corrected chi connectivity index (χ4v) is 2.62. The van der Waals surface area contributed by atoms with Gasteiger partial charge in [0, 0.05) is 6.07 Å². The Morgan fingerprint density at radius 3 is 2.86 bits per heavy atom. The van der Waals surface area contributed by atoms with Crippen molar-refractivity contribution in [3.8, 4) is 5.75 Å². The molecule has 5 nitrogen and oxygen atoms in total. The first-order valence-electron chi connectivity index (χ1n) is 7.16. The molecule has 3 rings (SSSR count). The first-order chi connectivity index (χ1) is 10.2. The molecule has 0 amide bonds. The Kier molecular flexibility index (Phi) is 3.88. The quantitative estimate of drug-likeness (QED) is 0.937. The monoisotopic (exact) mass is 291 g/mol. The number of halogens is 1. The highest BCUT2D eigenvalue weighted by Crippen LogP contribution is 2.33. The summed E-state index contributed by atoms with van der Waals surface area (Å²) >= 11 is 0. The van der Waals surface area contributed by atoms with Gasteiger partial charge in [0.1, 0.15) is 11.6 Å². The van der Waals surface area contributed by atoms with Gasteiger partial charge in [-0.1, -0.05) is 30.5 Å². The van der Waals surface area contributed by atoms with Crippen LogP contribution in [-0.4, -0.2) is 10.1 Å². The van der Waals surface area contributed by atoms with Gasteiger partial charge in [-0.15, -0.1) is 0 Å². The van der Waals surface area contributed by atoms with Gasteiger partial charge in [-0.3, -0.25) is 0 Å². The number of nitrogens with zero attached hydrogens (tertiary/aromatic N) is 2. The first-order valence-corrected chi connectivity index (χ1v) is 7.16. The minimum Gasteiger partial charge on any atom is -0.485 e.